The summed E-state index contributed by atoms with van der Waals surface area (Å²) < 4.78 is 7.72. The first-order valence-electron chi connectivity index (χ1n) is 11.1. The predicted octanol–water partition coefficient (Wildman–Crippen LogP) is 1.45. The van der Waals surface area contributed by atoms with Crippen LogP contribution in [0.5, 0.6) is 0 Å². The first-order chi connectivity index (χ1) is 16.1. The molecule has 0 saturated carbocycles. The molecule has 2 aliphatic rings. The molecular weight excluding hydrogens is 420 g/mol. The molecule has 0 N–H and O–H groups in total. The van der Waals surface area contributed by atoms with Gasteiger partial charge in [0, 0.05) is 48.9 Å². The van der Waals surface area contributed by atoms with Crippen molar-refractivity contribution < 1.29 is 18.8 Å². The van der Waals surface area contributed by atoms with Gasteiger partial charge in [-0.1, -0.05) is 36.4 Å². The summed E-state index contributed by atoms with van der Waals surface area (Å²) in [6.07, 6.45) is 0. The summed E-state index contributed by atoms with van der Waals surface area (Å²) in [7, 11) is 1.77. The number of carbonyl (C=O) groups excluding carboxylic acids is 2. The molecule has 0 radical (unpaired) electrons. The SMILES string of the molecule is C[n+]1nc2c(n1CCN1CCN(c3nc4ccccc4o3)CC1)C(=O)c1ccccc1C2=O. The third-order valence-corrected chi connectivity index (χ3v) is 6.48. The molecule has 166 valence electrons. The van der Waals surface area contributed by atoms with Crippen LogP contribution in [0, 0.1) is 0 Å². The smallest absolute Gasteiger partial charge is 0.298 e. The van der Waals surface area contributed by atoms with E-state index in [4.69, 9.17) is 4.42 Å². The maximum absolute atomic E-state index is 13.1. The second-order valence-corrected chi connectivity index (χ2v) is 8.41. The Bertz CT molecular complexity index is 1360. The van der Waals surface area contributed by atoms with Crippen LogP contribution in [0.4, 0.5) is 6.01 Å². The van der Waals surface area contributed by atoms with Gasteiger partial charge >= 0.3 is 0 Å². The highest BCUT2D eigenvalue weighted by atomic mass is 16.4. The number of ketones is 2. The van der Waals surface area contributed by atoms with Crippen molar-refractivity contribution in [2.75, 3.05) is 37.6 Å². The molecule has 0 unspecified atom stereocenters. The Hall–Kier alpha value is -3.85. The molecule has 0 amide bonds. The number of fused-ring (bicyclic) bond motifs is 3. The average Bonchev–Trinajstić information content (AvgIpc) is 3.43. The third-order valence-electron chi connectivity index (χ3n) is 6.48. The largest absolute Gasteiger partial charge is 0.423 e. The number of piperazine rings is 1. The van der Waals surface area contributed by atoms with Gasteiger partial charge in [0.05, 0.1) is 6.54 Å². The van der Waals surface area contributed by atoms with Crippen LogP contribution >= 0.6 is 0 Å². The Morgan fingerprint density at radius 2 is 1.61 bits per heavy atom. The Morgan fingerprint density at radius 1 is 0.909 bits per heavy atom. The van der Waals surface area contributed by atoms with Gasteiger partial charge < -0.3 is 9.32 Å². The molecule has 0 bridgehead atoms. The molecule has 1 aliphatic heterocycles. The molecule has 2 aromatic heterocycles. The van der Waals surface area contributed by atoms with Crippen LogP contribution in [-0.4, -0.2) is 64.0 Å². The van der Waals surface area contributed by atoms with Crippen molar-refractivity contribution in [3.8, 4) is 0 Å². The van der Waals surface area contributed by atoms with Crippen LogP contribution in [0.1, 0.15) is 32.1 Å². The van der Waals surface area contributed by atoms with Crippen LogP contribution in [0.15, 0.2) is 52.9 Å². The number of para-hydroxylation sites is 2. The molecule has 0 atom stereocenters. The van der Waals surface area contributed by atoms with Crippen molar-refractivity contribution in [3.63, 3.8) is 0 Å². The molecule has 2 aromatic carbocycles. The van der Waals surface area contributed by atoms with Crippen LogP contribution in [0.3, 0.4) is 0 Å². The van der Waals surface area contributed by atoms with Crippen molar-refractivity contribution in [1.82, 2.24) is 19.7 Å². The number of hydrogen-bond donors (Lipinski definition) is 0. The molecule has 1 saturated heterocycles. The zero-order valence-electron chi connectivity index (χ0n) is 18.3. The second kappa shape index (κ2) is 7.63. The van der Waals surface area contributed by atoms with Crippen molar-refractivity contribution in [2.45, 2.75) is 6.54 Å². The maximum atomic E-state index is 13.1. The Morgan fingerprint density at radius 3 is 2.36 bits per heavy atom. The Labute approximate surface area is 189 Å². The number of aromatic nitrogens is 4. The van der Waals surface area contributed by atoms with Gasteiger partial charge in [0.25, 0.3) is 6.01 Å². The van der Waals surface area contributed by atoms with E-state index in [9.17, 15) is 9.59 Å². The van der Waals surface area contributed by atoms with Gasteiger partial charge in [0.1, 0.15) is 5.52 Å². The Balaban J connectivity index is 1.15. The second-order valence-electron chi connectivity index (χ2n) is 8.41. The van der Waals surface area contributed by atoms with E-state index in [0.29, 0.717) is 29.4 Å². The summed E-state index contributed by atoms with van der Waals surface area (Å²) in [4.78, 5) is 36.7. The van der Waals surface area contributed by atoms with Crippen molar-refractivity contribution in [3.05, 3.63) is 71.0 Å². The molecule has 0 spiro atoms. The minimum Gasteiger partial charge on any atom is -0.423 e. The average molecular weight is 443 g/mol. The van der Waals surface area contributed by atoms with Gasteiger partial charge in [0.15, 0.2) is 18.3 Å². The standard InChI is InChI=1S/C24H23N6O3/c1-27-26-20-21(23(32)17-7-3-2-6-16(17)22(20)31)30(27)15-12-28-10-13-29(14-11-28)24-25-18-8-4-5-9-19(18)33-24/h2-9H,10-15H2,1H3/q+1. The molecule has 9 nitrogen and oxygen atoms in total. The quantitative estimate of drug-likeness (QED) is 0.389. The van der Waals surface area contributed by atoms with E-state index in [1.807, 2.05) is 28.9 Å². The molecule has 4 aromatic rings. The van der Waals surface area contributed by atoms with E-state index in [1.165, 1.54) is 0 Å². The number of hydrogen-bond acceptors (Lipinski definition) is 7. The fourth-order valence-electron chi connectivity index (χ4n) is 4.68. The number of rotatable bonds is 4. The van der Waals surface area contributed by atoms with Gasteiger partial charge in [-0.25, -0.2) is 0 Å². The number of anilines is 1. The van der Waals surface area contributed by atoms with Crippen LogP contribution < -0.4 is 9.70 Å². The summed E-state index contributed by atoms with van der Waals surface area (Å²) >= 11 is 0. The summed E-state index contributed by atoms with van der Waals surface area (Å²) in [6, 6.07) is 15.4. The third kappa shape index (κ3) is 3.23. The molecule has 1 aliphatic carbocycles. The van der Waals surface area contributed by atoms with E-state index in [2.05, 4.69) is 19.9 Å². The molecule has 6 rings (SSSR count). The normalized spacial score (nSPS) is 16.3. The van der Waals surface area contributed by atoms with Gasteiger partial charge in [0.2, 0.25) is 17.3 Å². The van der Waals surface area contributed by atoms with Crippen LogP contribution in [0.2, 0.25) is 0 Å². The Kier molecular flexibility index (Phi) is 4.58. The zero-order chi connectivity index (χ0) is 22.5. The summed E-state index contributed by atoms with van der Waals surface area (Å²) in [5.41, 5.74) is 3.16. The highest BCUT2D eigenvalue weighted by Gasteiger charge is 2.39. The lowest BCUT2D eigenvalue weighted by Crippen LogP contribution is -2.49. The van der Waals surface area contributed by atoms with Gasteiger partial charge in [-0.3, -0.25) is 14.5 Å². The maximum Gasteiger partial charge on any atom is 0.298 e. The number of nitrogens with zero attached hydrogens (tertiary/aromatic N) is 6. The first-order valence-corrected chi connectivity index (χ1v) is 11.1. The molecule has 3 heterocycles. The van der Waals surface area contributed by atoms with E-state index >= 15 is 0 Å². The fraction of sp³-hybridized carbons (Fsp3) is 0.292. The first kappa shape index (κ1) is 19.8. The minimum atomic E-state index is -0.193. The molecule has 33 heavy (non-hydrogen) atoms. The van der Waals surface area contributed by atoms with Gasteiger partial charge in [-0.2, -0.15) is 4.98 Å². The highest BCUT2D eigenvalue weighted by molar-refractivity contribution is 6.26. The number of carbonyl (C=O) groups is 2. The lowest BCUT2D eigenvalue weighted by Gasteiger charge is -2.33. The van der Waals surface area contributed by atoms with Crippen LogP contribution in [0.25, 0.3) is 11.1 Å². The van der Waals surface area contributed by atoms with Crippen molar-refractivity contribution in [1.29, 1.82) is 0 Å². The van der Waals surface area contributed by atoms with Crippen molar-refractivity contribution >= 4 is 28.7 Å². The van der Waals surface area contributed by atoms with Gasteiger partial charge in [-0.15, -0.1) is 4.68 Å². The predicted molar refractivity (Wildman–Crippen MR) is 119 cm³/mol. The number of aryl methyl sites for hydroxylation is 1. The topological polar surface area (TPSA) is 88.3 Å². The van der Waals surface area contributed by atoms with Crippen LogP contribution in [-0.2, 0) is 13.6 Å². The molecular formula is C24H23N6O3+. The monoisotopic (exact) mass is 443 g/mol. The lowest BCUT2D eigenvalue weighted by atomic mass is 9.90. The zero-order valence-corrected chi connectivity index (χ0v) is 18.3. The van der Waals surface area contributed by atoms with E-state index in [-0.39, 0.29) is 17.3 Å². The summed E-state index contributed by atoms with van der Waals surface area (Å²) in [6.45, 7) is 4.66. The van der Waals surface area contributed by atoms with Crippen molar-refractivity contribution in [2.24, 2.45) is 7.05 Å². The molecule has 9 heteroatoms. The number of benzene rings is 2. The van der Waals surface area contributed by atoms with E-state index in [0.717, 1.165) is 43.8 Å². The summed E-state index contributed by atoms with van der Waals surface area (Å²) in [5, 5.41) is 4.38. The fourth-order valence-corrected chi connectivity index (χ4v) is 4.68. The highest BCUT2D eigenvalue weighted by Crippen LogP contribution is 2.25. The number of oxazole rings is 1. The van der Waals surface area contributed by atoms with Gasteiger partial charge in [-0.05, 0) is 16.9 Å². The lowest BCUT2D eigenvalue weighted by molar-refractivity contribution is -0.805. The van der Waals surface area contributed by atoms with E-state index < -0.39 is 0 Å². The molecule has 1 fully saturated rings. The van der Waals surface area contributed by atoms with E-state index in [1.54, 1.807) is 36.1 Å². The minimum absolute atomic E-state index is 0.144. The summed E-state index contributed by atoms with van der Waals surface area (Å²) in [5.74, 6) is -0.337.